The van der Waals surface area contributed by atoms with Crippen molar-refractivity contribution in [3.8, 4) is 5.69 Å². The zero-order valence-corrected chi connectivity index (χ0v) is 13.3. The molecule has 2 heterocycles. The summed E-state index contributed by atoms with van der Waals surface area (Å²) in [7, 11) is 0. The van der Waals surface area contributed by atoms with Gasteiger partial charge in [0.05, 0.1) is 17.0 Å². The smallest absolute Gasteiger partial charge is 0.321 e. The minimum absolute atomic E-state index is 0.261. The number of aromatic nitrogens is 4. The van der Waals surface area contributed by atoms with Crippen molar-refractivity contribution < 1.29 is 0 Å². The van der Waals surface area contributed by atoms with E-state index in [0.29, 0.717) is 28.4 Å². The quantitative estimate of drug-likeness (QED) is 0.689. The van der Waals surface area contributed by atoms with Crippen LogP contribution in [0.1, 0.15) is 6.92 Å². The number of para-hydroxylation sites is 1. The fourth-order valence-electron chi connectivity index (χ4n) is 2.59. The molecule has 3 aromatic rings. The lowest BCUT2D eigenvalue weighted by molar-refractivity contribution is 0.655. The SMILES string of the molecule is C=CCn1cnc2c1c(=O)n(CC)c(=O)n2-c1ccccc1Cl. The first-order chi connectivity index (χ1) is 11.1. The van der Waals surface area contributed by atoms with Gasteiger partial charge in [-0.05, 0) is 19.1 Å². The third-order valence-corrected chi connectivity index (χ3v) is 3.96. The highest BCUT2D eigenvalue weighted by Crippen LogP contribution is 2.21. The van der Waals surface area contributed by atoms with E-state index in [1.54, 1.807) is 41.8 Å². The largest absolute Gasteiger partial charge is 0.337 e. The molecule has 23 heavy (non-hydrogen) atoms. The van der Waals surface area contributed by atoms with Gasteiger partial charge in [-0.3, -0.25) is 9.36 Å². The van der Waals surface area contributed by atoms with E-state index in [1.807, 2.05) is 0 Å². The average molecular weight is 331 g/mol. The van der Waals surface area contributed by atoms with Crippen LogP contribution in [0.3, 0.4) is 0 Å². The summed E-state index contributed by atoms with van der Waals surface area (Å²) in [6.45, 7) is 6.12. The third-order valence-electron chi connectivity index (χ3n) is 3.64. The van der Waals surface area contributed by atoms with E-state index in [2.05, 4.69) is 11.6 Å². The van der Waals surface area contributed by atoms with E-state index in [4.69, 9.17) is 11.6 Å². The Hall–Kier alpha value is -2.60. The Balaban J connectivity index is 2.52. The molecule has 2 aromatic heterocycles. The Morgan fingerprint density at radius 3 is 2.70 bits per heavy atom. The van der Waals surface area contributed by atoms with Crippen LogP contribution >= 0.6 is 11.6 Å². The number of fused-ring (bicyclic) bond motifs is 1. The van der Waals surface area contributed by atoms with Crippen LogP contribution in [0.2, 0.25) is 5.02 Å². The first-order valence-corrected chi connectivity index (χ1v) is 7.54. The molecular formula is C16H15ClN4O2. The molecule has 0 aliphatic carbocycles. The molecule has 0 N–H and O–H groups in total. The highest BCUT2D eigenvalue weighted by molar-refractivity contribution is 6.32. The van der Waals surface area contributed by atoms with Gasteiger partial charge in [-0.1, -0.05) is 29.8 Å². The predicted molar refractivity (Wildman–Crippen MR) is 90.5 cm³/mol. The number of benzene rings is 1. The van der Waals surface area contributed by atoms with Crippen molar-refractivity contribution in [3.05, 3.63) is 69.1 Å². The Kier molecular flexibility index (Phi) is 3.92. The van der Waals surface area contributed by atoms with Gasteiger partial charge in [0.15, 0.2) is 11.2 Å². The maximum Gasteiger partial charge on any atom is 0.337 e. The molecule has 1 aromatic carbocycles. The topological polar surface area (TPSA) is 61.8 Å². The van der Waals surface area contributed by atoms with E-state index >= 15 is 0 Å². The number of hydrogen-bond donors (Lipinski definition) is 0. The minimum atomic E-state index is -0.457. The first-order valence-electron chi connectivity index (χ1n) is 7.16. The molecule has 3 rings (SSSR count). The summed E-state index contributed by atoms with van der Waals surface area (Å²) in [6, 6.07) is 6.97. The molecular weight excluding hydrogens is 316 g/mol. The lowest BCUT2D eigenvalue weighted by Gasteiger charge is -2.12. The normalized spacial score (nSPS) is 11.0. The van der Waals surface area contributed by atoms with Crippen LogP contribution in [0.25, 0.3) is 16.9 Å². The first kappa shape index (κ1) is 15.3. The molecule has 0 spiro atoms. The van der Waals surface area contributed by atoms with Crippen molar-refractivity contribution >= 4 is 22.8 Å². The summed E-state index contributed by atoms with van der Waals surface area (Å²) >= 11 is 6.24. The summed E-state index contributed by atoms with van der Waals surface area (Å²) < 4.78 is 4.22. The number of halogens is 1. The van der Waals surface area contributed by atoms with Gasteiger partial charge in [-0.25, -0.2) is 14.3 Å². The van der Waals surface area contributed by atoms with E-state index in [0.717, 1.165) is 0 Å². The molecule has 7 heteroatoms. The van der Waals surface area contributed by atoms with Gasteiger partial charge < -0.3 is 4.57 Å². The zero-order chi connectivity index (χ0) is 16.6. The fourth-order valence-corrected chi connectivity index (χ4v) is 2.81. The maximum atomic E-state index is 12.8. The van der Waals surface area contributed by atoms with Crippen LogP contribution in [-0.2, 0) is 13.1 Å². The molecule has 0 saturated carbocycles. The molecule has 0 amide bonds. The van der Waals surface area contributed by atoms with Crippen molar-refractivity contribution in [2.45, 2.75) is 20.0 Å². The van der Waals surface area contributed by atoms with Gasteiger partial charge in [0.25, 0.3) is 5.56 Å². The number of nitrogens with zero attached hydrogens (tertiary/aromatic N) is 4. The highest BCUT2D eigenvalue weighted by atomic mass is 35.5. The molecule has 118 valence electrons. The van der Waals surface area contributed by atoms with Gasteiger partial charge in [0.1, 0.15) is 0 Å². The second-order valence-electron chi connectivity index (χ2n) is 4.98. The molecule has 0 aliphatic heterocycles. The average Bonchev–Trinajstić information content (AvgIpc) is 2.94. The van der Waals surface area contributed by atoms with Crippen LogP contribution in [0.15, 0.2) is 52.8 Å². The highest BCUT2D eigenvalue weighted by Gasteiger charge is 2.19. The number of allylic oxidation sites excluding steroid dienone is 1. The summed E-state index contributed by atoms with van der Waals surface area (Å²) in [5, 5.41) is 0.412. The van der Waals surface area contributed by atoms with Gasteiger partial charge in [-0.2, -0.15) is 0 Å². The number of rotatable bonds is 4. The van der Waals surface area contributed by atoms with Crippen molar-refractivity contribution in [3.63, 3.8) is 0 Å². The maximum absolute atomic E-state index is 12.8. The third kappa shape index (κ3) is 2.31. The monoisotopic (exact) mass is 330 g/mol. The van der Waals surface area contributed by atoms with Crippen molar-refractivity contribution in [2.75, 3.05) is 0 Å². The summed E-state index contributed by atoms with van der Waals surface area (Å²) in [6.07, 6.45) is 3.20. The lowest BCUT2D eigenvalue weighted by Crippen LogP contribution is -2.39. The Morgan fingerprint density at radius 1 is 1.30 bits per heavy atom. The van der Waals surface area contributed by atoms with Gasteiger partial charge in [0, 0.05) is 13.1 Å². The fraction of sp³-hybridized carbons (Fsp3) is 0.188. The van der Waals surface area contributed by atoms with Crippen molar-refractivity contribution in [2.24, 2.45) is 0 Å². The number of hydrogen-bond acceptors (Lipinski definition) is 3. The summed E-state index contributed by atoms with van der Waals surface area (Å²) in [5.74, 6) is 0. The van der Waals surface area contributed by atoms with E-state index in [-0.39, 0.29) is 12.1 Å². The lowest BCUT2D eigenvalue weighted by atomic mass is 10.3. The van der Waals surface area contributed by atoms with Crippen LogP contribution in [0.4, 0.5) is 0 Å². The van der Waals surface area contributed by atoms with Gasteiger partial charge in [0.2, 0.25) is 0 Å². The molecule has 6 nitrogen and oxygen atoms in total. The van der Waals surface area contributed by atoms with E-state index in [9.17, 15) is 9.59 Å². The molecule has 0 atom stereocenters. The van der Waals surface area contributed by atoms with Crippen LogP contribution < -0.4 is 11.2 Å². The Bertz CT molecular complexity index is 1010. The van der Waals surface area contributed by atoms with Crippen molar-refractivity contribution in [1.29, 1.82) is 0 Å². The van der Waals surface area contributed by atoms with Crippen LogP contribution in [0, 0.1) is 0 Å². The number of imidazole rings is 1. The summed E-state index contributed by atoms with van der Waals surface area (Å²) in [4.78, 5) is 29.6. The molecule has 0 aliphatic rings. The van der Waals surface area contributed by atoms with E-state index < -0.39 is 5.69 Å². The molecule has 0 fully saturated rings. The zero-order valence-electron chi connectivity index (χ0n) is 12.6. The molecule has 0 radical (unpaired) electrons. The van der Waals surface area contributed by atoms with Gasteiger partial charge >= 0.3 is 5.69 Å². The predicted octanol–water partition coefficient (Wildman–Crippen LogP) is 2.21. The van der Waals surface area contributed by atoms with Crippen LogP contribution in [0.5, 0.6) is 0 Å². The van der Waals surface area contributed by atoms with E-state index in [1.165, 1.54) is 15.5 Å². The Labute approximate surface area is 136 Å². The van der Waals surface area contributed by atoms with Crippen molar-refractivity contribution in [1.82, 2.24) is 18.7 Å². The minimum Gasteiger partial charge on any atom is -0.321 e. The summed E-state index contributed by atoms with van der Waals surface area (Å²) in [5.41, 5.74) is 0.318. The standard InChI is InChI=1S/C16H15ClN4O2/c1-3-9-19-10-18-14-13(19)15(22)20(4-2)16(23)21(14)12-8-6-5-7-11(12)17/h3,5-8,10H,1,4,9H2,2H3. The Morgan fingerprint density at radius 2 is 2.04 bits per heavy atom. The molecule has 0 bridgehead atoms. The second-order valence-corrected chi connectivity index (χ2v) is 5.38. The molecule has 0 saturated heterocycles. The second kappa shape index (κ2) is 5.89. The van der Waals surface area contributed by atoms with Crippen LogP contribution in [-0.4, -0.2) is 18.7 Å². The molecule has 0 unspecified atom stereocenters. The van der Waals surface area contributed by atoms with Gasteiger partial charge in [-0.15, -0.1) is 6.58 Å².